The van der Waals surface area contributed by atoms with Gasteiger partial charge in [0.1, 0.15) is 17.8 Å². The number of piperidine rings is 1. The Kier molecular flexibility index (Phi) is 5.92. The molecule has 2 aromatic rings. The van der Waals surface area contributed by atoms with E-state index < -0.39 is 28.1 Å². The first-order chi connectivity index (χ1) is 14.7. The molecular formula is C21H22ClN3O5S. The van der Waals surface area contributed by atoms with Crippen molar-refractivity contribution < 1.29 is 23.1 Å². The van der Waals surface area contributed by atoms with Crippen LogP contribution in [0.1, 0.15) is 18.4 Å². The molecule has 0 unspecified atom stereocenters. The van der Waals surface area contributed by atoms with Gasteiger partial charge in [-0.3, -0.25) is 9.59 Å². The molecule has 2 aliphatic rings. The number of nitrogens with zero attached hydrogens (tertiary/aromatic N) is 1. The molecule has 0 aromatic heterocycles. The molecule has 0 radical (unpaired) electrons. The highest BCUT2D eigenvalue weighted by Crippen LogP contribution is 2.25. The van der Waals surface area contributed by atoms with E-state index in [1.165, 1.54) is 41.3 Å². The number of halogens is 1. The van der Waals surface area contributed by atoms with Crippen molar-refractivity contribution in [2.24, 2.45) is 0 Å². The summed E-state index contributed by atoms with van der Waals surface area (Å²) in [5, 5.41) is 12.6. The molecule has 2 amide bonds. The van der Waals surface area contributed by atoms with Gasteiger partial charge >= 0.3 is 0 Å². The van der Waals surface area contributed by atoms with Gasteiger partial charge in [-0.1, -0.05) is 23.7 Å². The van der Waals surface area contributed by atoms with Gasteiger partial charge in [-0.05, 0) is 54.8 Å². The number of carbonyl (C=O) groups is 2. The molecule has 164 valence electrons. The molecule has 2 heterocycles. The molecule has 8 nitrogen and oxygen atoms in total. The number of rotatable bonds is 5. The molecule has 0 saturated carbocycles. The van der Waals surface area contributed by atoms with Crippen molar-refractivity contribution in [3.05, 3.63) is 59.1 Å². The van der Waals surface area contributed by atoms with Gasteiger partial charge in [-0.25, -0.2) is 13.1 Å². The third-order valence-corrected chi connectivity index (χ3v) is 7.41. The van der Waals surface area contributed by atoms with Crippen LogP contribution in [0.5, 0.6) is 5.75 Å². The third-order valence-electron chi connectivity index (χ3n) is 5.62. The van der Waals surface area contributed by atoms with Crippen LogP contribution >= 0.6 is 11.6 Å². The van der Waals surface area contributed by atoms with E-state index in [9.17, 15) is 23.1 Å². The Morgan fingerprint density at radius 3 is 2.45 bits per heavy atom. The molecule has 2 fully saturated rings. The monoisotopic (exact) mass is 463 g/mol. The van der Waals surface area contributed by atoms with E-state index >= 15 is 0 Å². The normalized spacial score (nSPS) is 23.9. The van der Waals surface area contributed by atoms with E-state index in [-0.39, 0.29) is 35.4 Å². The van der Waals surface area contributed by atoms with Crippen LogP contribution in [-0.2, 0) is 26.0 Å². The number of fused-ring (bicyclic) bond motifs is 1. The molecule has 0 aliphatic carbocycles. The molecule has 2 saturated heterocycles. The van der Waals surface area contributed by atoms with E-state index in [0.717, 1.165) is 5.56 Å². The lowest BCUT2D eigenvalue weighted by Crippen LogP contribution is -2.67. The van der Waals surface area contributed by atoms with E-state index in [4.69, 9.17) is 11.6 Å². The summed E-state index contributed by atoms with van der Waals surface area (Å²) < 4.78 is 27.9. The number of phenolic OH excluding ortho intramolecular Hbond substituents is 1. The number of hydrogen-bond acceptors (Lipinski definition) is 5. The SMILES string of the molecule is O=C1N[C@H](Cc2ccc(O)cc2)C(=O)N2CC[C@H](NS(=O)(=O)c3ccc(Cl)cc3)C[C@@H]12. The number of phenols is 1. The number of sulfonamides is 1. The molecule has 31 heavy (non-hydrogen) atoms. The number of piperazine rings is 1. The van der Waals surface area contributed by atoms with Crippen LogP contribution in [0.3, 0.4) is 0 Å². The number of amides is 2. The summed E-state index contributed by atoms with van der Waals surface area (Å²) in [6.45, 7) is 0.288. The van der Waals surface area contributed by atoms with Crippen molar-refractivity contribution in [3.8, 4) is 5.75 Å². The van der Waals surface area contributed by atoms with Gasteiger partial charge in [0.2, 0.25) is 21.8 Å². The maximum Gasteiger partial charge on any atom is 0.246 e. The Morgan fingerprint density at radius 1 is 1.10 bits per heavy atom. The van der Waals surface area contributed by atoms with Crippen LogP contribution in [0.15, 0.2) is 53.4 Å². The van der Waals surface area contributed by atoms with E-state index in [1.54, 1.807) is 12.1 Å². The first kappa shape index (κ1) is 21.6. The number of nitrogens with one attached hydrogen (secondary N) is 2. The summed E-state index contributed by atoms with van der Waals surface area (Å²) in [5.41, 5.74) is 0.820. The smallest absolute Gasteiger partial charge is 0.246 e. The molecule has 2 aliphatic heterocycles. The zero-order chi connectivity index (χ0) is 22.2. The van der Waals surface area contributed by atoms with Gasteiger partial charge in [-0.2, -0.15) is 0 Å². The van der Waals surface area contributed by atoms with Gasteiger partial charge in [-0.15, -0.1) is 0 Å². The first-order valence-electron chi connectivity index (χ1n) is 9.89. The van der Waals surface area contributed by atoms with Crippen molar-refractivity contribution in [3.63, 3.8) is 0 Å². The molecule has 2 aromatic carbocycles. The summed E-state index contributed by atoms with van der Waals surface area (Å²) in [6.07, 6.45) is 0.936. The fourth-order valence-electron chi connectivity index (χ4n) is 4.02. The van der Waals surface area contributed by atoms with Crippen molar-refractivity contribution in [1.29, 1.82) is 0 Å². The summed E-state index contributed by atoms with van der Waals surface area (Å²) in [4.78, 5) is 27.3. The first-order valence-corrected chi connectivity index (χ1v) is 11.8. The maximum atomic E-state index is 12.9. The Labute approximate surface area is 185 Å². The molecule has 4 rings (SSSR count). The van der Waals surface area contributed by atoms with Crippen LogP contribution in [0.2, 0.25) is 5.02 Å². The molecule has 0 bridgehead atoms. The summed E-state index contributed by atoms with van der Waals surface area (Å²) in [6, 6.07) is 10.5. The zero-order valence-corrected chi connectivity index (χ0v) is 18.1. The van der Waals surface area contributed by atoms with Crippen LogP contribution in [-0.4, -0.2) is 54.9 Å². The summed E-state index contributed by atoms with van der Waals surface area (Å²) >= 11 is 5.82. The van der Waals surface area contributed by atoms with Crippen LogP contribution in [0.4, 0.5) is 0 Å². The lowest BCUT2D eigenvalue weighted by Gasteiger charge is -2.44. The zero-order valence-electron chi connectivity index (χ0n) is 16.5. The highest BCUT2D eigenvalue weighted by molar-refractivity contribution is 7.89. The van der Waals surface area contributed by atoms with Crippen molar-refractivity contribution in [1.82, 2.24) is 14.9 Å². The average Bonchev–Trinajstić information content (AvgIpc) is 2.73. The highest BCUT2D eigenvalue weighted by Gasteiger charge is 2.44. The molecule has 3 N–H and O–H groups in total. The predicted molar refractivity (Wildman–Crippen MR) is 114 cm³/mol. The van der Waals surface area contributed by atoms with Crippen LogP contribution < -0.4 is 10.0 Å². The Hall–Kier alpha value is -2.62. The second-order valence-corrected chi connectivity index (χ2v) is 9.93. The van der Waals surface area contributed by atoms with Crippen molar-refractivity contribution >= 4 is 33.4 Å². The van der Waals surface area contributed by atoms with E-state index in [2.05, 4.69) is 10.0 Å². The van der Waals surface area contributed by atoms with Crippen LogP contribution in [0.25, 0.3) is 0 Å². The second-order valence-electron chi connectivity index (χ2n) is 7.78. The van der Waals surface area contributed by atoms with Gasteiger partial charge < -0.3 is 15.3 Å². The predicted octanol–water partition coefficient (Wildman–Crippen LogP) is 1.42. The standard InChI is InChI=1S/C21H22ClN3O5S/c22-14-3-7-17(8-4-14)31(29,30)24-15-9-10-25-19(12-15)20(27)23-18(21(25)28)11-13-1-5-16(26)6-2-13/h1-8,15,18-19,24,26H,9-12H2,(H,23,27)/t15-,18+,19-/m0/s1. The Morgan fingerprint density at radius 2 is 1.77 bits per heavy atom. The minimum atomic E-state index is -3.76. The van der Waals surface area contributed by atoms with E-state index in [0.29, 0.717) is 17.9 Å². The van der Waals surface area contributed by atoms with E-state index in [1.807, 2.05) is 0 Å². The van der Waals surface area contributed by atoms with Gasteiger partial charge in [0.05, 0.1) is 4.90 Å². The average molecular weight is 464 g/mol. The summed E-state index contributed by atoms with van der Waals surface area (Å²) in [5.74, 6) is -0.346. The van der Waals surface area contributed by atoms with Crippen molar-refractivity contribution in [2.75, 3.05) is 6.54 Å². The largest absolute Gasteiger partial charge is 0.508 e. The Balaban J connectivity index is 1.42. The second kappa shape index (κ2) is 8.49. The number of aromatic hydroxyl groups is 1. The summed E-state index contributed by atoms with van der Waals surface area (Å²) in [7, 11) is -3.76. The highest BCUT2D eigenvalue weighted by atomic mass is 35.5. The molecule has 3 atom stereocenters. The number of hydrogen-bond donors (Lipinski definition) is 3. The molecular weight excluding hydrogens is 442 g/mol. The van der Waals surface area contributed by atoms with Gasteiger partial charge in [0.25, 0.3) is 0 Å². The lowest BCUT2D eigenvalue weighted by molar-refractivity contribution is -0.151. The molecule has 0 spiro atoms. The lowest BCUT2D eigenvalue weighted by atomic mass is 9.92. The maximum absolute atomic E-state index is 12.9. The number of benzene rings is 2. The van der Waals surface area contributed by atoms with Gasteiger partial charge in [0, 0.05) is 24.0 Å². The fourth-order valence-corrected chi connectivity index (χ4v) is 5.43. The topological polar surface area (TPSA) is 116 Å². The third kappa shape index (κ3) is 4.68. The van der Waals surface area contributed by atoms with Crippen molar-refractivity contribution in [2.45, 2.75) is 42.3 Å². The van der Waals surface area contributed by atoms with Crippen LogP contribution in [0, 0.1) is 0 Å². The Bertz CT molecular complexity index is 1090. The fraction of sp³-hybridized carbons (Fsp3) is 0.333. The minimum Gasteiger partial charge on any atom is -0.508 e. The minimum absolute atomic E-state index is 0.0949. The quantitative estimate of drug-likeness (QED) is 0.620. The number of carbonyl (C=O) groups excluding carboxylic acids is 2. The molecule has 10 heteroatoms. The van der Waals surface area contributed by atoms with Gasteiger partial charge in [0.15, 0.2) is 0 Å².